The SMILES string of the molecule is C#Cc1c(F)ccc2cc(OC(=O)OC(C)C(C)C)cc(-c3nc4c5c(nc(OCC67CCCN6CCC7)nc5c3F)NCCN(Cc3oc(=O)oc3C)CC(CC)CCC4)c12. The lowest BCUT2D eigenvalue weighted by Gasteiger charge is -2.31. The highest BCUT2D eigenvalue weighted by Gasteiger charge is 2.45. The molecule has 1 N–H and O–H groups in total. The van der Waals surface area contributed by atoms with Gasteiger partial charge in [-0.05, 0) is 107 Å². The lowest BCUT2D eigenvalue weighted by Crippen LogP contribution is -2.43. The van der Waals surface area contributed by atoms with Gasteiger partial charge < -0.3 is 28.4 Å². The summed E-state index contributed by atoms with van der Waals surface area (Å²) in [4.78, 5) is 44.3. The third kappa shape index (κ3) is 8.72. The first-order valence-corrected chi connectivity index (χ1v) is 21.8. The predicted octanol–water partition coefficient (Wildman–Crippen LogP) is 8.80. The van der Waals surface area contributed by atoms with Crippen LogP contribution in [0.2, 0.25) is 0 Å². The number of nitrogens with one attached hydrogen (secondary N) is 1. The number of aryl methyl sites for hydroxylation is 2. The van der Waals surface area contributed by atoms with E-state index in [2.05, 4.69) is 28.0 Å². The van der Waals surface area contributed by atoms with E-state index in [1.54, 1.807) is 19.9 Å². The van der Waals surface area contributed by atoms with E-state index < -0.39 is 29.7 Å². The molecule has 2 unspecified atom stereocenters. The van der Waals surface area contributed by atoms with Crippen LogP contribution in [0.25, 0.3) is 32.9 Å². The van der Waals surface area contributed by atoms with Crippen LogP contribution in [0.15, 0.2) is 37.9 Å². The topological polar surface area (TPSA) is 145 Å². The molecular weight excluding hydrogens is 799 g/mol. The smallest absolute Gasteiger partial charge is 0.461 e. The summed E-state index contributed by atoms with van der Waals surface area (Å²) in [6, 6.07) is 5.73. The van der Waals surface area contributed by atoms with Gasteiger partial charge in [0.15, 0.2) is 11.6 Å². The van der Waals surface area contributed by atoms with Crippen molar-refractivity contribution in [1.29, 1.82) is 0 Å². The van der Waals surface area contributed by atoms with Gasteiger partial charge in [0, 0.05) is 30.6 Å². The van der Waals surface area contributed by atoms with Crippen LogP contribution in [0.1, 0.15) is 95.4 Å². The molecule has 2 atom stereocenters. The summed E-state index contributed by atoms with van der Waals surface area (Å²) in [5, 5.41) is 4.52. The third-order valence-electron chi connectivity index (χ3n) is 13.0. The highest BCUT2D eigenvalue weighted by atomic mass is 19.1. The van der Waals surface area contributed by atoms with Crippen LogP contribution in [-0.2, 0) is 17.7 Å². The average molecular weight is 853 g/mol. The summed E-state index contributed by atoms with van der Waals surface area (Å²) in [6.45, 7) is 13.9. The number of rotatable bonds is 10. The van der Waals surface area contributed by atoms with Crippen molar-refractivity contribution >= 4 is 33.6 Å². The number of ether oxygens (including phenoxy) is 3. The van der Waals surface area contributed by atoms with E-state index >= 15 is 8.78 Å². The van der Waals surface area contributed by atoms with Gasteiger partial charge in [0.2, 0.25) is 0 Å². The second-order valence-electron chi connectivity index (χ2n) is 17.3. The van der Waals surface area contributed by atoms with E-state index in [0.29, 0.717) is 72.9 Å². The van der Waals surface area contributed by atoms with Crippen molar-refractivity contribution < 1.29 is 36.6 Å². The summed E-state index contributed by atoms with van der Waals surface area (Å²) in [6.07, 6.45) is 11.5. The van der Waals surface area contributed by atoms with E-state index in [1.165, 1.54) is 18.2 Å². The Labute approximate surface area is 359 Å². The summed E-state index contributed by atoms with van der Waals surface area (Å²) in [7, 11) is 0. The molecule has 0 radical (unpaired) electrons. The number of terminal acetylenes is 1. The summed E-state index contributed by atoms with van der Waals surface area (Å²) >= 11 is 0. The Morgan fingerprint density at radius 2 is 1.85 bits per heavy atom. The van der Waals surface area contributed by atoms with Crippen LogP contribution in [-0.4, -0.2) is 81.9 Å². The van der Waals surface area contributed by atoms with Gasteiger partial charge in [-0.15, -0.1) is 6.42 Å². The molecule has 62 heavy (non-hydrogen) atoms. The normalized spacial score (nSPS) is 18.8. The maximum absolute atomic E-state index is 17.8. The minimum atomic E-state index is -0.939. The molecule has 3 aliphatic rings. The summed E-state index contributed by atoms with van der Waals surface area (Å²) in [5.74, 6) is 1.89. The van der Waals surface area contributed by atoms with Crippen molar-refractivity contribution in [2.75, 3.05) is 44.6 Å². The molecule has 0 aliphatic carbocycles. The van der Waals surface area contributed by atoms with Crippen molar-refractivity contribution in [1.82, 2.24) is 24.8 Å². The minimum Gasteiger partial charge on any atom is -0.461 e. The number of hydrogen-bond donors (Lipinski definition) is 1. The number of pyridine rings is 1. The molecule has 2 aromatic carbocycles. The molecule has 15 heteroatoms. The molecule has 2 fully saturated rings. The number of nitrogens with zero attached hydrogens (tertiary/aromatic N) is 5. The highest BCUT2D eigenvalue weighted by Crippen LogP contribution is 2.42. The van der Waals surface area contributed by atoms with E-state index in [-0.39, 0.29) is 56.9 Å². The number of benzene rings is 2. The molecule has 5 aromatic rings. The maximum atomic E-state index is 17.8. The van der Waals surface area contributed by atoms with Gasteiger partial charge in [0.05, 0.1) is 28.7 Å². The maximum Gasteiger partial charge on any atom is 0.519 e. The fourth-order valence-corrected chi connectivity index (χ4v) is 9.28. The number of fused-ring (bicyclic) bond motifs is 2. The van der Waals surface area contributed by atoms with Crippen molar-refractivity contribution in [2.24, 2.45) is 11.8 Å². The Morgan fingerprint density at radius 3 is 2.56 bits per heavy atom. The van der Waals surface area contributed by atoms with Gasteiger partial charge >= 0.3 is 18.0 Å². The van der Waals surface area contributed by atoms with Crippen LogP contribution < -0.4 is 20.6 Å². The van der Waals surface area contributed by atoms with E-state index in [0.717, 1.165) is 58.2 Å². The molecule has 0 amide bonds. The number of anilines is 1. The van der Waals surface area contributed by atoms with Crippen LogP contribution in [0.3, 0.4) is 0 Å². The number of carbonyl (C=O) groups is 1. The first-order valence-electron chi connectivity index (χ1n) is 21.8. The summed E-state index contributed by atoms with van der Waals surface area (Å²) in [5.41, 5.74) is 0.287. The van der Waals surface area contributed by atoms with Crippen molar-refractivity contribution in [2.45, 2.75) is 104 Å². The number of halogens is 2. The van der Waals surface area contributed by atoms with E-state index in [1.807, 2.05) is 13.8 Å². The van der Waals surface area contributed by atoms with Gasteiger partial charge in [0.1, 0.15) is 47.1 Å². The molecule has 8 rings (SSSR count). The predicted molar refractivity (Wildman–Crippen MR) is 230 cm³/mol. The Kier molecular flexibility index (Phi) is 12.5. The third-order valence-corrected chi connectivity index (χ3v) is 13.0. The van der Waals surface area contributed by atoms with Crippen LogP contribution >= 0.6 is 0 Å². The average Bonchev–Trinajstić information content (AvgIpc) is 3.92. The molecule has 0 bridgehead atoms. The highest BCUT2D eigenvalue weighted by molar-refractivity contribution is 6.03. The molecule has 0 saturated carbocycles. The Hall–Kier alpha value is -5.59. The lowest BCUT2D eigenvalue weighted by atomic mass is 9.94. The van der Waals surface area contributed by atoms with Crippen molar-refractivity contribution in [3.8, 4) is 35.4 Å². The number of hydrogen-bond acceptors (Lipinski definition) is 13. The largest absolute Gasteiger partial charge is 0.519 e. The van der Waals surface area contributed by atoms with Crippen LogP contribution in [0, 0.1) is 42.7 Å². The lowest BCUT2D eigenvalue weighted by molar-refractivity contribution is 0.0466. The Balaban J connectivity index is 1.27. The minimum absolute atomic E-state index is 0.0141. The van der Waals surface area contributed by atoms with Gasteiger partial charge in [-0.3, -0.25) is 9.80 Å². The van der Waals surface area contributed by atoms with Crippen molar-refractivity contribution in [3.63, 3.8) is 0 Å². The molecule has 328 valence electrons. The van der Waals surface area contributed by atoms with Gasteiger partial charge in [-0.25, -0.2) is 23.4 Å². The molecule has 6 heterocycles. The van der Waals surface area contributed by atoms with Crippen molar-refractivity contribution in [3.05, 3.63) is 69.3 Å². The fourth-order valence-electron chi connectivity index (χ4n) is 9.28. The standard InChI is InChI=1S/C47H54F2N6O7/c1-7-30-12-9-13-36-39-42(40(49)41(51-36)34-23-32(61-45(56)59-28(5)27(3)4)22-31-14-15-35(48)33(8-2)38(31)34)52-44(58-26-47-16-10-19-55(47)20-11-17-47)53-43(39)50-18-21-54(24-30)25-37-29(6)60-46(57)62-37/h2,14-15,22-23,27-28,30H,7,9-13,16-21,24-26H2,1,3-6H3,(H,50,52,53). The zero-order valence-electron chi connectivity index (χ0n) is 36.1. The Bertz CT molecular complexity index is 2570. The molecule has 2 saturated heterocycles. The quantitative estimate of drug-likeness (QED) is 0.0812. The fraction of sp³-hybridized carbons (Fsp3) is 0.511. The molecule has 3 aromatic heterocycles. The van der Waals surface area contributed by atoms with Crippen LogP contribution in [0.4, 0.5) is 19.4 Å². The Morgan fingerprint density at radius 1 is 1.06 bits per heavy atom. The van der Waals surface area contributed by atoms with Gasteiger partial charge in [0.25, 0.3) is 0 Å². The second kappa shape index (κ2) is 18.0. The van der Waals surface area contributed by atoms with Gasteiger partial charge in [-0.2, -0.15) is 9.97 Å². The number of aromatic nitrogens is 3. The summed E-state index contributed by atoms with van der Waals surface area (Å²) < 4.78 is 61.5. The first-order chi connectivity index (χ1) is 29.9. The van der Waals surface area contributed by atoms with Gasteiger partial charge in [-0.1, -0.05) is 39.2 Å². The molecule has 3 aliphatic heterocycles. The zero-order chi connectivity index (χ0) is 43.7. The van der Waals surface area contributed by atoms with E-state index in [4.69, 9.17) is 44.4 Å². The van der Waals surface area contributed by atoms with Crippen LogP contribution in [0.5, 0.6) is 11.8 Å². The number of carbonyl (C=O) groups excluding carboxylic acids is 1. The molecule has 13 nitrogen and oxygen atoms in total. The second-order valence-corrected chi connectivity index (χ2v) is 17.3. The molecule has 0 spiro atoms. The first kappa shape index (κ1) is 43.1. The zero-order valence-corrected chi connectivity index (χ0v) is 36.1. The monoisotopic (exact) mass is 852 g/mol. The van der Waals surface area contributed by atoms with E-state index in [9.17, 15) is 9.59 Å². The molecular formula is C47H54F2N6O7.